The van der Waals surface area contributed by atoms with Crippen LogP contribution in [-0.4, -0.2) is 9.97 Å². The van der Waals surface area contributed by atoms with Crippen LogP contribution in [0.1, 0.15) is 10.6 Å². The molecule has 0 fully saturated rings. The van der Waals surface area contributed by atoms with Gasteiger partial charge >= 0.3 is 0 Å². The molecule has 0 amide bonds. The number of anilines is 2. The third-order valence-electron chi connectivity index (χ3n) is 3.04. The molecule has 3 aromatic rings. The molecule has 2 heterocycles. The van der Waals surface area contributed by atoms with E-state index < -0.39 is 0 Å². The fourth-order valence-corrected chi connectivity index (χ4v) is 2.80. The molecular formula is C16H14ClN3OS. The molecule has 0 unspecified atom stereocenters. The van der Waals surface area contributed by atoms with Crippen molar-refractivity contribution in [2.45, 2.75) is 13.8 Å². The molecule has 3 rings (SSSR count). The zero-order valence-electron chi connectivity index (χ0n) is 12.1. The summed E-state index contributed by atoms with van der Waals surface area (Å²) in [5, 5.41) is 4.49. The van der Waals surface area contributed by atoms with E-state index in [9.17, 15) is 0 Å². The molecule has 0 radical (unpaired) electrons. The smallest absolute Gasteiger partial charge is 0.188 e. The summed E-state index contributed by atoms with van der Waals surface area (Å²) in [5.41, 5.74) is 1.01. The van der Waals surface area contributed by atoms with Gasteiger partial charge in [-0.05, 0) is 26.0 Å². The van der Waals surface area contributed by atoms with Gasteiger partial charge in [-0.2, -0.15) is 0 Å². The monoisotopic (exact) mass is 331 g/mol. The van der Waals surface area contributed by atoms with Gasteiger partial charge in [-0.15, -0.1) is 11.3 Å². The molecule has 0 atom stereocenters. The summed E-state index contributed by atoms with van der Waals surface area (Å²) in [5.74, 6) is 1.87. The lowest BCUT2D eigenvalue weighted by Gasteiger charge is -2.11. The fraction of sp³-hybridized carbons (Fsp3) is 0.125. The minimum absolute atomic E-state index is 0.517. The Labute approximate surface area is 137 Å². The van der Waals surface area contributed by atoms with Gasteiger partial charge in [0.1, 0.15) is 5.75 Å². The first kappa shape index (κ1) is 14.8. The minimum atomic E-state index is 0.517. The molecule has 22 heavy (non-hydrogen) atoms. The van der Waals surface area contributed by atoms with E-state index in [1.165, 1.54) is 4.88 Å². The first-order valence-corrected chi connectivity index (χ1v) is 7.91. The van der Waals surface area contributed by atoms with Crippen LogP contribution >= 0.6 is 22.9 Å². The Kier molecular flexibility index (Phi) is 4.27. The second-order valence-electron chi connectivity index (χ2n) is 4.70. The first-order chi connectivity index (χ1) is 10.6. The highest BCUT2D eigenvalue weighted by molar-refractivity contribution is 7.15. The van der Waals surface area contributed by atoms with Gasteiger partial charge in [0.05, 0.1) is 10.7 Å². The van der Waals surface area contributed by atoms with E-state index in [0.29, 0.717) is 16.6 Å². The predicted molar refractivity (Wildman–Crippen MR) is 90.6 cm³/mol. The maximum Gasteiger partial charge on any atom is 0.188 e. The van der Waals surface area contributed by atoms with E-state index in [-0.39, 0.29) is 0 Å². The van der Waals surface area contributed by atoms with Gasteiger partial charge in [0.15, 0.2) is 16.7 Å². The number of halogens is 1. The highest BCUT2D eigenvalue weighted by atomic mass is 35.5. The highest BCUT2D eigenvalue weighted by Gasteiger charge is 2.11. The Balaban J connectivity index is 1.90. The second-order valence-corrected chi connectivity index (χ2v) is 6.34. The van der Waals surface area contributed by atoms with Crippen molar-refractivity contribution in [3.05, 3.63) is 58.2 Å². The van der Waals surface area contributed by atoms with E-state index in [1.807, 2.05) is 44.2 Å². The van der Waals surface area contributed by atoms with Crippen molar-refractivity contribution in [2.24, 2.45) is 0 Å². The number of pyridine rings is 1. The molecule has 112 valence electrons. The summed E-state index contributed by atoms with van der Waals surface area (Å²) in [7, 11) is 0. The normalized spacial score (nSPS) is 10.5. The Hall–Kier alpha value is -2.11. The number of para-hydroxylation sites is 1. The van der Waals surface area contributed by atoms with Crippen molar-refractivity contribution in [3.8, 4) is 11.5 Å². The van der Waals surface area contributed by atoms with Crippen LogP contribution in [0.25, 0.3) is 0 Å². The van der Waals surface area contributed by atoms with Gasteiger partial charge in [0, 0.05) is 17.1 Å². The number of benzene rings is 1. The second kappa shape index (κ2) is 6.34. The molecule has 0 bridgehead atoms. The molecule has 0 aliphatic heterocycles. The summed E-state index contributed by atoms with van der Waals surface area (Å²) in [6.07, 6.45) is 1.58. The van der Waals surface area contributed by atoms with Crippen LogP contribution in [0.3, 0.4) is 0 Å². The first-order valence-electron chi connectivity index (χ1n) is 6.71. The Bertz CT molecular complexity index is 770. The van der Waals surface area contributed by atoms with Crippen molar-refractivity contribution in [1.82, 2.24) is 9.97 Å². The van der Waals surface area contributed by atoms with Gasteiger partial charge in [-0.1, -0.05) is 29.8 Å². The maximum absolute atomic E-state index is 6.03. The molecule has 0 spiro atoms. The van der Waals surface area contributed by atoms with Crippen molar-refractivity contribution in [1.29, 1.82) is 0 Å². The van der Waals surface area contributed by atoms with Crippen molar-refractivity contribution < 1.29 is 4.74 Å². The van der Waals surface area contributed by atoms with Crippen molar-refractivity contribution in [2.75, 3.05) is 5.32 Å². The lowest BCUT2D eigenvalue weighted by molar-refractivity contribution is 0.483. The highest BCUT2D eigenvalue weighted by Crippen LogP contribution is 2.33. The third kappa shape index (κ3) is 3.37. The van der Waals surface area contributed by atoms with E-state index in [0.717, 1.165) is 16.6 Å². The van der Waals surface area contributed by atoms with E-state index in [4.69, 9.17) is 16.3 Å². The molecule has 4 nitrogen and oxygen atoms in total. The maximum atomic E-state index is 6.03. The van der Waals surface area contributed by atoms with Gasteiger partial charge in [-0.3, -0.25) is 0 Å². The number of rotatable bonds is 4. The van der Waals surface area contributed by atoms with Crippen molar-refractivity contribution in [3.63, 3.8) is 0 Å². The van der Waals surface area contributed by atoms with Crippen molar-refractivity contribution >= 4 is 33.9 Å². The van der Waals surface area contributed by atoms with Crippen LogP contribution in [0.5, 0.6) is 11.5 Å². The number of ether oxygens (including phenoxy) is 1. The van der Waals surface area contributed by atoms with Crippen LogP contribution in [0.15, 0.2) is 42.6 Å². The van der Waals surface area contributed by atoms with Crippen LogP contribution in [0, 0.1) is 13.8 Å². The topological polar surface area (TPSA) is 47.0 Å². The Morgan fingerprint density at radius 3 is 2.64 bits per heavy atom. The van der Waals surface area contributed by atoms with Gasteiger partial charge < -0.3 is 10.1 Å². The molecular weight excluding hydrogens is 318 g/mol. The third-order valence-corrected chi connectivity index (χ3v) is 4.24. The van der Waals surface area contributed by atoms with E-state index in [1.54, 1.807) is 23.6 Å². The fourth-order valence-electron chi connectivity index (χ4n) is 1.84. The van der Waals surface area contributed by atoms with Crippen LogP contribution in [0.4, 0.5) is 10.9 Å². The SMILES string of the molecule is Cc1nc(Nc2ncc(Cl)cc2Oc2ccccc2)sc1C. The van der Waals surface area contributed by atoms with Gasteiger partial charge in [-0.25, -0.2) is 9.97 Å². The molecule has 0 aliphatic carbocycles. The molecule has 1 N–H and O–H groups in total. The summed E-state index contributed by atoms with van der Waals surface area (Å²) in [4.78, 5) is 9.93. The Morgan fingerprint density at radius 1 is 1.18 bits per heavy atom. The lowest BCUT2D eigenvalue weighted by atomic mass is 10.3. The van der Waals surface area contributed by atoms with Crippen LogP contribution in [0.2, 0.25) is 5.02 Å². The predicted octanol–water partition coefficient (Wildman–Crippen LogP) is 5.34. The summed E-state index contributed by atoms with van der Waals surface area (Å²) in [6, 6.07) is 11.2. The summed E-state index contributed by atoms with van der Waals surface area (Å²) in [6.45, 7) is 4.02. The molecule has 6 heteroatoms. The lowest BCUT2D eigenvalue weighted by Crippen LogP contribution is -1.97. The average Bonchev–Trinajstić information content (AvgIpc) is 2.81. The molecule has 2 aromatic heterocycles. The van der Waals surface area contributed by atoms with Gasteiger partial charge in [0.2, 0.25) is 0 Å². The number of thiazole rings is 1. The zero-order chi connectivity index (χ0) is 15.5. The number of nitrogens with zero attached hydrogens (tertiary/aromatic N) is 2. The van der Waals surface area contributed by atoms with E-state index in [2.05, 4.69) is 15.3 Å². The van der Waals surface area contributed by atoms with Crippen LogP contribution < -0.4 is 10.1 Å². The largest absolute Gasteiger partial charge is 0.453 e. The Morgan fingerprint density at radius 2 is 1.95 bits per heavy atom. The quantitative estimate of drug-likeness (QED) is 0.700. The van der Waals surface area contributed by atoms with E-state index >= 15 is 0 Å². The standard InChI is InChI=1S/C16H14ClN3OS/c1-10-11(2)22-16(19-10)20-15-14(8-12(17)9-18-15)21-13-6-4-3-5-7-13/h3-9H,1-2H3,(H,18,19,20). The molecule has 0 saturated heterocycles. The summed E-state index contributed by atoms with van der Waals surface area (Å²) < 4.78 is 5.87. The van der Waals surface area contributed by atoms with Crippen LogP contribution in [-0.2, 0) is 0 Å². The average molecular weight is 332 g/mol. The number of nitrogens with one attached hydrogen (secondary N) is 1. The molecule has 1 aromatic carbocycles. The molecule has 0 aliphatic rings. The number of hydrogen-bond donors (Lipinski definition) is 1. The number of aromatic nitrogens is 2. The summed E-state index contributed by atoms with van der Waals surface area (Å²) >= 11 is 7.61. The minimum Gasteiger partial charge on any atom is -0.453 e. The number of hydrogen-bond acceptors (Lipinski definition) is 5. The number of aryl methyl sites for hydroxylation is 2. The molecule has 0 saturated carbocycles. The van der Waals surface area contributed by atoms with Gasteiger partial charge in [0.25, 0.3) is 0 Å². The zero-order valence-corrected chi connectivity index (χ0v) is 13.7.